The highest BCUT2D eigenvalue weighted by atomic mass is 16.5. The predicted octanol–water partition coefficient (Wildman–Crippen LogP) is 2.27. The van der Waals surface area contributed by atoms with Crippen molar-refractivity contribution in [1.29, 1.82) is 0 Å². The van der Waals surface area contributed by atoms with Crippen LogP contribution in [0.3, 0.4) is 0 Å². The highest BCUT2D eigenvalue weighted by Gasteiger charge is 2.11. The average Bonchev–Trinajstić information content (AvgIpc) is 2.40. The Balaban J connectivity index is 2.86. The van der Waals surface area contributed by atoms with E-state index in [2.05, 4.69) is 18.7 Å². The standard InChI is InChI=1S/C14H24N2O2/c1-3-11-18-13-8-5-7-12(14(13)15)16(4-2)9-6-10-17/h5,7-8,17H,3-4,6,9-11,15H2,1-2H3. The summed E-state index contributed by atoms with van der Waals surface area (Å²) in [4.78, 5) is 2.16. The van der Waals surface area contributed by atoms with Crippen LogP contribution in [0.5, 0.6) is 5.75 Å². The largest absolute Gasteiger partial charge is 0.491 e. The van der Waals surface area contributed by atoms with Crippen molar-refractivity contribution in [2.45, 2.75) is 26.7 Å². The minimum Gasteiger partial charge on any atom is -0.491 e. The summed E-state index contributed by atoms with van der Waals surface area (Å²) >= 11 is 0. The number of anilines is 2. The lowest BCUT2D eigenvalue weighted by Crippen LogP contribution is -2.25. The number of nitrogens with two attached hydrogens (primary N) is 1. The number of aliphatic hydroxyl groups is 1. The summed E-state index contributed by atoms with van der Waals surface area (Å²) in [5.41, 5.74) is 7.81. The molecule has 4 nitrogen and oxygen atoms in total. The summed E-state index contributed by atoms with van der Waals surface area (Å²) in [6, 6.07) is 5.85. The molecule has 0 atom stereocenters. The average molecular weight is 252 g/mol. The van der Waals surface area contributed by atoms with Gasteiger partial charge < -0.3 is 20.5 Å². The number of aliphatic hydroxyl groups excluding tert-OH is 1. The number of nitrogen functional groups attached to an aromatic ring is 1. The molecule has 0 saturated heterocycles. The van der Waals surface area contributed by atoms with E-state index in [4.69, 9.17) is 15.6 Å². The molecule has 0 spiro atoms. The summed E-state index contributed by atoms with van der Waals surface area (Å²) in [6.07, 6.45) is 1.71. The van der Waals surface area contributed by atoms with Gasteiger partial charge in [0.05, 0.1) is 18.0 Å². The molecule has 102 valence electrons. The Bertz CT molecular complexity index is 356. The topological polar surface area (TPSA) is 58.7 Å². The van der Waals surface area contributed by atoms with Crippen LogP contribution in [-0.4, -0.2) is 31.4 Å². The van der Waals surface area contributed by atoms with Crippen molar-refractivity contribution in [2.75, 3.05) is 36.9 Å². The fraction of sp³-hybridized carbons (Fsp3) is 0.571. The fourth-order valence-electron chi connectivity index (χ4n) is 1.86. The lowest BCUT2D eigenvalue weighted by molar-refractivity contribution is 0.289. The van der Waals surface area contributed by atoms with Gasteiger partial charge in [-0.2, -0.15) is 0 Å². The number of benzene rings is 1. The predicted molar refractivity (Wildman–Crippen MR) is 76.2 cm³/mol. The fourth-order valence-corrected chi connectivity index (χ4v) is 1.86. The molecule has 1 aromatic rings. The Kier molecular flexibility index (Phi) is 6.36. The summed E-state index contributed by atoms with van der Waals surface area (Å²) in [7, 11) is 0. The molecule has 0 radical (unpaired) electrons. The number of rotatable bonds is 8. The van der Waals surface area contributed by atoms with Crippen LogP contribution in [0.4, 0.5) is 11.4 Å². The van der Waals surface area contributed by atoms with Gasteiger partial charge in [0.1, 0.15) is 5.75 Å². The Morgan fingerprint density at radius 1 is 1.33 bits per heavy atom. The Labute approximate surface area is 109 Å². The number of para-hydroxylation sites is 1. The van der Waals surface area contributed by atoms with Gasteiger partial charge in [0.25, 0.3) is 0 Å². The maximum Gasteiger partial charge on any atom is 0.144 e. The van der Waals surface area contributed by atoms with Gasteiger partial charge in [0, 0.05) is 19.7 Å². The molecule has 1 rings (SSSR count). The normalized spacial score (nSPS) is 10.4. The highest BCUT2D eigenvalue weighted by Crippen LogP contribution is 2.32. The van der Waals surface area contributed by atoms with Gasteiger partial charge >= 0.3 is 0 Å². The molecule has 0 fully saturated rings. The molecule has 0 heterocycles. The zero-order valence-corrected chi connectivity index (χ0v) is 11.4. The van der Waals surface area contributed by atoms with Gasteiger partial charge in [-0.1, -0.05) is 13.0 Å². The van der Waals surface area contributed by atoms with E-state index in [1.165, 1.54) is 0 Å². The number of hydrogen-bond acceptors (Lipinski definition) is 4. The quantitative estimate of drug-likeness (QED) is 0.697. The third-order valence-electron chi connectivity index (χ3n) is 2.81. The van der Waals surface area contributed by atoms with Crippen LogP contribution >= 0.6 is 0 Å². The van der Waals surface area contributed by atoms with Gasteiger partial charge in [0.2, 0.25) is 0 Å². The third kappa shape index (κ3) is 3.81. The minimum atomic E-state index is 0.197. The first-order valence-electron chi connectivity index (χ1n) is 6.61. The summed E-state index contributed by atoms with van der Waals surface area (Å²) in [6.45, 7) is 6.69. The third-order valence-corrected chi connectivity index (χ3v) is 2.81. The van der Waals surface area contributed by atoms with Crippen molar-refractivity contribution in [3.8, 4) is 5.75 Å². The second kappa shape index (κ2) is 7.82. The molecule has 0 aromatic heterocycles. The maximum absolute atomic E-state index is 8.91. The van der Waals surface area contributed by atoms with Crippen molar-refractivity contribution in [3.05, 3.63) is 18.2 Å². The van der Waals surface area contributed by atoms with E-state index < -0.39 is 0 Å². The van der Waals surface area contributed by atoms with Crippen LogP contribution in [0.2, 0.25) is 0 Å². The number of hydrogen-bond donors (Lipinski definition) is 2. The molecule has 0 saturated carbocycles. The van der Waals surface area contributed by atoms with E-state index in [0.717, 1.165) is 37.4 Å². The molecule has 4 heteroatoms. The molecule has 0 aliphatic heterocycles. The van der Waals surface area contributed by atoms with Crippen molar-refractivity contribution < 1.29 is 9.84 Å². The van der Waals surface area contributed by atoms with Crippen LogP contribution in [-0.2, 0) is 0 Å². The summed E-state index contributed by atoms with van der Waals surface area (Å²) in [5, 5.41) is 8.91. The van der Waals surface area contributed by atoms with Gasteiger partial charge in [-0.3, -0.25) is 0 Å². The highest BCUT2D eigenvalue weighted by molar-refractivity contribution is 5.74. The summed E-state index contributed by atoms with van der Waals surface area (Å²) in [5.74, 6) is 0.747. The zero-order valence-electron chi connectivity index (χ0n) is 11.4. The molecular formula is C14H24N2O2. The molecule has 1 aromatic carbocycles. The van der Waals surface area contributed by atoms with Gasteiger partial charge in [0.15, 0.2) is 0 Å². The molecule has 0 bridgehead atoms. The monoisotopic (exact) mass is 252 g/mol. The molecule has 0 aliphatic rings. The molecule has 0 unspecified atom stereocenters. The van der Waals surface area contributed by atoms with E-state index in [9.17, 15) is 0 Å². The maximum atomic E-state index is 8.91. The minimum absolute atomic E-state index is 0.197. The lowest BCUT2D eigenvalue weighted by Gasteiger charge is -2.25. The second-order valence-electron chi connectivity index (χ2n) is 4.19. The van der Waals surface area contributed by atoms with Crippen LogP contribution in [0.25, 0.3) is 0 Å². The van der Waals surface area contributed by atoms with Crippen LogP contribution in [0, 0.1) is 0 Å². The van der Waals surface area contributed by atoms with Crippen LogP contribution in [0.15, 0.2) is 18.2 Å². The van der Waals surface area contributed by atoms with Crippen molar-refractivity contribution in [3.63, 3.8) is 0 Å². The van der Waals surface area contributed by atoms with E-state index in [-0.39, 0.29) is 6.61 Å². The molecule has 0 aliphatic carbocycles. The van der Waals surface area contributed by atoms with Crippen LogP contribution in [0.1, 0.15) is 26.7 Å². The zero-order chi connectivity index (χ0) is 13.4. The first-order valence-corrected chi connectivity index (χ1v) is 6.61. The number of ether oxygens (including phenoxy) is 1. The van der Waals surface area contributed by atoms with Crippen molar-refractivity contribution in [2.24, 2.45) is 0 Å². The van der Waals surface area contributed by atoms with Crippen molar-refractivity contribution in [1.82, 2.24) is 0 Å². The Morgan fingerprint density at radius 3 is 2.72 bits per heavy atom. The SMILES string of the molecule is CCCOc1cccc(N(CC)CCCO)c1N. The molecule has 3 N–H and O–H groups in total. The summed E-state index contributed by atoms with van der Waals surface area (Å²) < 4.78 is 5.62. The number of nitrogens with zero attached hydrogens (tertiary/aromatic N) is 1. The van der Waals surface area contributed by atoms with E-state index >= 15 is 0 Å². The van der Waals surface area contributed by atoms with Gasteiger partial charge in [-0.25, -0.2) is 0 Å². The van der Waals surface area contributed by atoms with Crippen LogP contribution < -0.4 is 15.4 Å². The first kappa shape index (κ1) is 14.6. The Morgan fingerprint density at radius 2 is 2.11 bits per heavy atom. The molecular weight excluding hydrogens is 228 g/mol. The Hall–Kier alpha value is -1.42. The van der Waals surface area contributed by atoms with Gasteiger partial charge in [-0.05, 0) is 31.9 Å². The van der Waals surface area contributed by atoms with E-state index in [1.807, 2.05) is 18.2 Å². The molecule has 0 amide bonds. The van der Waals surface area contributed by atoms with E-state index in [1.54, 1.807) is 0 Å². The second-order valence-corrected chi connectivity index (χ2v) is 4.19. The smallest absolute Gasteiger partial charge is 0.144 e. The molecule has 18 heavy (non-hydrogen) atoms. The first-order chi connectivity index (χ1) is 8.74. The van der Waals surface area contributed by atoms with Crippen molar-refractivity contribution >= 4 is 11.4 Å². The van der Waals surface area contributed by atoms with Gasteiger partial charge in [-0.15, -0.1) is 0 Å². The lowest BCUT2D eigenvalue weighted by atomic mass is 10.2. The van der Waals surface area contributed by atoms with E-state index in [0.29, 0.717) is 12.3 Å².